The van der Waals surface area contributed by atoms with E-state index in [4.69, 9.17) is 0 Å². The fraction of sp³-hybridized carbons (Fsp3) is 0. The van der Waals surface area contributed by atoms with Crippen LogP contribution in [0.2, 0.25) is 0 Å². The first-order chi connectivity index (χ1) is 6.16. The lowest BCUT2D eigenvalue weighted by Crippen LogP contribution is -2.05. The zero-order valence-electron chi connectivity index (χ0n) is 6.59. The van der Waals surface area contributed by atoms with Gasteiger partial charge in [0.25, 0.3) is 8.03 Å². The van der Waals surface area contributed by atoms with Crippen LogP contribution in [0.3, 0.4) is 0 Å². The van der Waals surface area contributed by atoms with Crippen LogP contribution < -0.4 is 5.30 Å². The molecule has 1 unspecified atom stereocenters. The quantitative estimate of drug-likeness (QED) is 0.557. The summed E-state index contributed by atoms with van der Waals surface area (Å²) < 4.78 is 41.1. The van der Waals surface area contributed by atoms with E-state index in [1.807, 2.05) is 0 Å². The van der Waals surface area contributed by atoms with Crippen LogP contribution in [-0.2, 0) is 9.09 Å². The topological polar surface area (TPSA) is 26.3 Å². The van der Waals surface area contributed by atoms with Crippen LogP contribution in [0.1, 0.15) is 0 Å². The summed E-state index contributed by atoms with van der Waals surface area (Å²) in [4.78, 5) is 0. The van der Waals surface area contributed by atoms with E-state index in [1.54, 1.807) is 0 Å². The Bertz CT molecular complexity index is 352. The molecule has 2 nitrogen and oxygen atoms in total. The van der Waals surface area contributed by atoms with Crippen molar-refractivity contribution >= 4 is 13.3 Å². The molecule has 0 fully saturated rings. The van der Waals surface area contributed by atoms with Crippen LogP contribution in [0, 0.1) is 11.6 Å². The highest BCUT2D eigenvalue weighted by molar-refractivity contribution is 7.48. The first-order valence-corrected chi connectivity index (χ1v) is 4.74. The van der Waals surface area contributed by atoms with E-state index in [9.17, 15) is 13.3 Å². The van der Waals surface area contributed by atoms with Gasteiger partial charge in [0, 0.05) is 0 Å². The van der Waals surface area contributed by atoms with Gasteiger partial charge in [0.05, 0.1) is 11.6 Å². The molecule has 1 atom stereocenters. The fourth-order valence-electron chi connectivity index (χ4n) is 0.801. The second-order valence-corrected chi connectivity index (χ2v) is 3.52. The molecule has 0 aromatic heterocycles. The molecule has 0 saturated carbocycles. The smallest absolute Gasteiger partial charge is 0.268 e. The van der Waals surface area contributed by atoms with Gasteiger partial charge in [-0.15, -0.1) is 0 Å². The molecule has 1 rings (SSSR count). The molecule has 0 radical (unpaired) electrons. The van der Waals surface area contributed by atoms with E-state index >= 15 is 0 Å². The summed E-state index contributed by atoms with van der Waals surface area (Å²) in [5.41, 5.74) is 0. The molecule has 0 bridgehead atoms. The fourth-order valence-corrected chi connectivity index (χ4v) is 1.61. The Morgan fingerprint density at radius 3 is 2.77 bits per heavy atom. The minimum atomic E-state index is -2.75. The van der Waals surface area contributed by atoms with Crippen molar-refractivity contribution < 1.29 is 17.9 Å². The zero-order valence-corrected chi connectivity index (χ0v) is 7.59. The second kappa shape index (κ2) is 4.19. The van der Waals surface area contributed by atoms with Crippen LogP contribution in [0.15, 0.2) is 31.0 Å². The van der Waals surface area contributed by atoms with Crippen LogP contribution in [0.4, 0.5) is 8.78 Å². The van der Waals surface area contributed by atoms with Gasteiger partial charge in [-0.1, -0.05) is 12.6 Å². The molecular formula is C8H7F2O2P. The monoisotopic (exact) mass is 204 g/mol. The summed E-state index contributed by atoms with van der Waals surface area (Å²) >= 11 is 0. The molecule has 0 aliphatic rings. The summed E-state index contributed by atoms with van der Waals surface area (Å²) in [5.74, 6) is -2.17. The highest BCUT2D eigenvalue weighted by atomic mass is 31.1. The van der Waals surface area contributed by atoms with Crippen LogP contribution in [-0.4, -0.2) is 0 Å². The van der Waals surface area contributed by atoms with E-state index in [1.165, 1.54) is 12.1 Å². The number of benzene rings is 1. The molecule has 0 heterocycles. The average molecular weight is 204 g/mol. The van der Waals surface area contributed by atoms with Gasteiger partial charge < -0.3 is 4.52 Å². The molecule has 70 valence electrons. The Balaban J connectivity index is 3.07. The SMILES string of the molecule is C=CO[PH](=O)c1cccc(F)c1F. The molecular weight excluding hydrogens is 197 g/mol. The van der Waals surface area contributed by atoms with Crippen LogP contribution >= 0.6 is 8.03 Å². The second-order valence-electron chi connectivity index (χ2n) is 2.17. The maximum Gasteiger partial charge on any atom is 0.268 e. The molecule has 0 spiro atoms. The Hall–Kier alpha value is -1.15. The normalized spacial score (nSPS) is 12.2. The Morgan fingerprint density at radius 1 is 1.46 bits per heavy atom. The largest absolute Gasteiger partial charge is 0.450 e. The van der Waals surface area contributed by atoms with Gasteiger partial charge in [-0.25, -0.2) is 8.78 Å². The first kappa shape index (κ1) is 9.93. The third-order valence-corrected chi connectivity index (χ3v) is 2.57. The molecule has 0 amide bonds. The van der Waals surface area contributed by atoms with Gasteiger partial charge in [-0.2, -0.15) is 0 Å². The van der Waals surface area contributed by atoms with Gasteiger partial charge in [0.15, 0.2) is 11.6 Å². The highest BCUT2D eigenvalue weighted by Gasteiger charge is 2.12. The minimum absolute atomic E-state index is 0.259. The van der Waals surface area contributed by atoms with Gasteiger partial charge in [0.1, 0.15) is 0 Å². The van der Waals surface area contributed by atoms with Crippen molar-refractivity contribution in [1.29, 1.82) is 0 Å². The minimum Gasteiger partial charge on any atom is -0.450 e. The predicted molar refractivity (Wildman–Crippen MR) is 46.3 cm³/mol. The number of halogens is 2. The highest BCUT2D eigenvalue weighted by Crippen LogP contribution is 2.23. The summed E-state index contributed by atoms with van der Waals surface area (Å²) in [6, 6.07) is 3.42. The van der Waals surface area contributed by atoms with Gasteiger partial charge >= 0.3 is 0 Å². The van der Waals surface area contributed by atoms with Gasteiger partial charge in [-0.3, -0.25) is 4.57 Å². The lowest BCUT2D eigenvalue weighted by molar-refractivity contribution is 0.468. The van der Waals surface area contributed by atoms with Crippen LogP contribution in [0.25, 0.3) is 0 Å². The summed E-state index contributed by atoms with van der Waals surface area (Å²) in [6.45, 7) is 3.17. The molecule has 0 saturated heterocycles. The van der Waals surface area contributed by atoms with E-state index < -0.39 is 19.7 Å². The maximum atomic E-state index is 12.9. The third-order valence-electron chi connectivity index (χ3n) is 1.36. The number of rotatable bonds is 3. The lowest BCUT2D eigenvalue weighted by Gasteiger charge is -2.02. The molecule has 0 aliphatic carbocycles. The summed E-state index contributed by atoms with van der Waals surface area (Å²) in [7, 11) is -2.75. The van der Waals surface area contributed by atoms with Gasteiger partial charge in [0.2, 0.25) is 0 Å². The lowest BCUT2D eigenvalue weighted by atomic mass is 10.3. The maximum absolute atomic E-state index is 12.9. The van der Waals surface area contributed by atoms with Crippen molar-refractivity contribution in [2.75, 3.05) is 0 Å². The first-order valence-electron chi connectivity index (χ1n) is 3.42. The third kappa shape index (κ3) is 2.16. The van der Waals surface area contributed by atoms with Crippen molar-refractivity contribution in [2.45, 2.75) is 0 Å². The van der Waals surface area contributed by atoms with Gasteiger partial charge in [-0.05, 0) is 12.1 Å². The number of hydrogen-bond acceptors (Lipinski definition) is 2. The molecule has 0 N–H and O–H groups in total. The predicted octanol–water partition coefficient (Wildman–Crippen LogP) is 2.22. The summed E-state index contributed by atoms with van der Waals surface area (Å²) in [6.07, 6.45) is 0.936. The molecule has 1 aromatic carbocycles. The van der Waals surface area contributed by atoms with Crippen LogP contribution in [0.5, 0.6) is 0 Å². The zero-order chi connectivity index (χ0) is 9.84. The van der Waals surface area contributed by atoms with Crippen molar-refractivity contribution in [1.82, 2.24) is 0 Å². The van der Waals surface area contributed by atoms with Crippen molar-refractivity contribution in [3.63, 3.8) is 0 Å². The Kier molecular flexibility index (Phi) is 3.20. The Morgan fingerprint density at radius 2 is 2.15 bits per heavy atom. The summed E-state index contributed by atoms with van der Waals surface area (Å²) in [5, 5.41) is -0.259. The average Bonchev–Trinajstić information content (AvgIpc) is 2.10. The van der Waals surface area contributed by atoms with Crippen molar-refractivity contribution in [3.8, 4) is 0 Å². The molecule has 13 heavy (non-hydrogen) atoms. The molecule has 5 heteroatoms. The standard InChI is InChI=1S/C8H7F2O2P/c1-2-12-13(11)7-5-3-4-6(9)8(7)10/h2-5,13H,1H2. The molecule has 0 aliphatic heterocycles. The molecule has 1 aromatic rings. The van der Waals surface area contributed by atoms with E-state index in [2.05, 4.69) is 11.1 Å². The van der Waals surface area contributed by atoms with Crippen molar-refractivity contribution in [2.24, 2.45) is 0 Å². The van der Waals surface area contributed by atoms with E-state index in [0.29, 0.717) is 0 Å². The Labute approximate surface area is 74.7 Å². The van der Waals surface area contributed by atoms with Crippen molar-refractivity contribution in [3.05, 3.63) is 42.7 Å². The van der Waals surface area contributed by atoms with E-state index in [-0.39, 0.29) is 5.30 Å². The van der Waals surface area contributed by atoms with E-state index in [0.717, 1.165) is 12.3 Å². The number of hydrogen-bond donors (Lipinski definition) is 0.